The molecule has 0 aliphatic carbocycles. The molecule has 0 aromatic rings. The third kappa shape index (κ3) is 0.455. The second-order valence-electron chi connectivity index (χ2n) is 1.12. The number of nitrogens with zero attached hydrogens (tertiary/aromatic N) is 1. The van der Waals surface area contributed by atoms with Gasteiger partial charge in [0, 0.05) is 5.88 Å². The van der Waals surface area contributed by atoms with Crippen molar-refractivity contribution in [3.63, 3.8) is 0 Å². The lowest BCUT2D eigenvalue weighted by Gasteiger charge is -2.04. The van der Waals surface area contributed by atoms with Crippen molar-refractivity contribution in [2.75, 3.05) is 13.2 Å². The van der Waals surface area contributed by atoms with Crippen LogP contribution in [0, 0.1) is 0 Å². The van der Waals surface area contributed by atoms with E-state index in [4.69, 9.17) is 4.74 Å². The van der Waals surface area contributed by atoms with Gasteiger partial charge in [-0.15, -0.1) is 0 Å². The van der Waals surface area contributed by atoms with E-state index in [1.165, 1.54) is 0 Å². The van der Waals surface area contributed by atoms with E-state index in [9.17, 15) is 0 Å². The topological polar surface area (TPSA) is 23.3 Å². The van der Waals surface area contributed by atoms with Crippen molar-refractivity contribution < 1.29 is 4.74 Å². The summed E-state index contributed by atoms with van der Waals surface area (Å²) in [4.78, 5) is 0. The van der Waals surface area contributed by atoms with Crippen molar-refractivity contribution in [1.82, 2.24) is 0 Å². The largest absolute Gasteiger partial charge is 0.652 e. The van der Waals surface area contributed by atoms with E-state index >= 15 is 0 Å². The molecule has 0 aromatic carbocycles. The average molecular weight is 84.1 g/mol. The summed E-state index contributed by atoms with van der Waals surface area (Å²) < 4.78 is 4.79. The lowest BCUT2D eigenvalue weighted by atomic mass is 10.7. The first-order valence-corrected chi connectivity index (χ1v) is 1.89. The summed E-state index contributed by atoms with van der Waals surface area (Å²) in [6.45, 7) is 4.98. The lowest BCUT2D eigenvalue weighted by molar-refractivity contribution is 0.273. The summed E-state index contributed by atoms with van der Waals surface area (Å²) in [5, 5.41) is 3.82. The maximum absolute atomic E-state index is 4.79. The molecule has 34 valence electrons. The number of hydrogen-bond acceptors (Lipinski definition) is 1. The van der Waals surface area contributed by atoms with Crippen molar-refractivity contribution in [2.24, 2.45) is 0 Å². The molecule has 1 saturated heterocycles. The first kappa shape index (κ1) is 3.53. The fraction of sp³-hybridized carbons (Fsp3) is 0.500. The van der Waals surface area contributed by atoms with E-state index in [1.807, 2.05) is 0 Å². The highest BCUT2D eigenvalue weighted by atomic mass is 16.5. The molecule has 0 radical (unpaired) electrons. The van der Waals surface area contributed by atoms with Crippen LogP contribution in [-0.2, 0) is 4.74 Å². The van der Waals surface area contributed by atoms with Crippen LogP contribution in [0.1, 0.15) is 0 Å². The Morgan fingerprint density at radius 2 is 2.67 bits per heavy atom. The van der Waals surface area contributed by atoms with Gasteiger partial charge in [-0.25, -0.2) is 0 Å². The minimum atomic E-state index is 0.579. The van der Waals surface area contributed by atoms with Gasteiger partial charge in [0.1, 0.15) is 0 Å². The molecule has 1 heterocycles. The quantitative estimate of drug-likeness (QED) is 0.427. The van der Waals surface area contributed by atoms with Crippen LogP contribution >= 0.6 is 0 Å². The summed E-state index contributed by atoms with van der Waals surface area (Å²) in [6, 6.07) is 0. The van der Waals surface area contributed by atoms with Gasteiger partial charge in [-0.3, -0.25) is 0 Å². The second-order valence-corrected chi connectivity index (χ2v) is 1.12. The molecule has 2 heteroatoms. The highest BCUT2D eigenvalue weighted by molar-refractivity contribution is 5.08. The van der Waals surface area contributed by atoms with Gasteiger partial charge in [0.2, 0.25) is 0 Å². The van der Waals surface area contributed by atoms with E-state index in [2.05, 4.69) is 11.9 Å². The van der Waals surface area contributed by atoms with Gasteiger partial charge in [-0.05, 0) is 0 Å². The lowest BCUT2D eigenvalue weighted by Crippen LogP contribution is -1.77. The molecule has 0 amide bonds. The highest BCUT2D eigenvalue weighted by Crippen LogP contribution is 2.09. The van der Waals surface area contributed by atoms with E-state index < -0.39 is 0 Å². The van der Waals surface area contributed by atoms with Gasteiger partial charge in [0.05, 0.1) is 6.61 Å². The van der Waals surface area contributed by atoms with E-state index in [0.717, 1.165) is 13.2 Å². The molecule has 0 aromatic heterocycles. The van der Waals surface area contributed by atoms with Crippen LogP contribution in [0.4, 0.5) is 0 Å². The zero-order chi connectivity index (χ0) is 4.41. The predicted octanol–water partition coefficient (Wildman–Crippen LogP) is 0.861. The van der Waals surface area contributed by atoms with Gasteiger partial charge in [0.25, 0.3) is 0 Å². The third-order valence-corrected chi connectivity index (χ3v) is 0.648. The summed E-state index contributed by atoms with van der Waals surface area (Å²) in [6.07, 6.45) is 0. The maximum atomic E-state index is 4.79. The summed E-state index contributed by atoms with van der Waals surface area (Å²) in [7, 11) is 0. The van der Waals surface area contributed by atoms with Crippen LogP contribution in [0.15, 0.2) is 12.5 Å². The summed E-state index contributed by atoms with van der Waals surface area (Å²) in [5.41, 5.74) is 0. The molecule has 0 saturated carbocycles. The normalized spacial score (nSPS) is 19.7. The van der Waals surface area contributed by atoms with Gasteiger partial charge >= 0.3 is 0 Å². The minimum Gasteiger partial charge on any atom is -0.652 e. The van der Waals surface area contributed by atoms with E-state index in [-0.39, 0.29) is 0 Å². The first-order valence-electron chi connectivity index (χ1n) is 1.89. The maximum Gasteiger partial charge on any atom is 0.0695 e. The van der Waals surface area contributed by atoms with E-state index in [0.29, 0.717) is 5.88 Å². The predicted molar refractivity (Wildman–Crippen MR) is 23.3 cm³/mol. The second kappa shape index (κ2) is 1.20. The molecule has 1 rings (SSSR count). The van der Waals surface area contributed by atoms with Gasteiger partial charge < -0.3 is 10.1 Å². The van der Waals surface area contributed by atoms with E-state index in [1.54, 1.807) is 0 Å². The number of ether oxygens (including phenoxy) is 1. The van der Waals surface area contributed by atoms with Crippen molar-refractivity contribution in [3.05, 3.63) is 17.8 Å². The van der Waals surface area contributed by atoms with Crippen molar-refractivity contribution in [2.45, 2.75) is 0 Å². The van der Waals surface area contributed by atoms with Crippen LogP contribution in [0.3, 0.4) is 0 Å². The molecule has 1 aliphatic heterocycles. The van der Waals surface area contributed by atoms with Crippen molar-refractivity contribution >= 4 is 0 Å². The molecule has 0 spiro atoms. The zero-order valence-electron chi connectivity index (χ0n) is 3.48. The average Bonchev–Trinajstić information content (AvgIpc) is 1.86. The molecule has 1 fully saturated rings. The van der Waals surface area contributed by atoms with Gasteiger partial charge in [0.15, 0.2) is 0 Å². The number of hydrogen-bond donors (Lipinski definition) is 0. The molecule has 2 nitrogen and oxygen atoms in total. The monoisotopic (exact) mass is 84.0 g/mol. The Morgan fingerprint density at radius 1 is 1.83 bits per heavy atom. The first-order chi connectivity index (χ1) is 2.89. The Kier molecular flexibility index (Phi) is 0.708. The number of rotatable bonds is 0. The standard InChI is InChI=1S/C4H6NO/c1-4-5-2-3-6-4/h1-3H2/q-1. The molecule has 0 atom stereocenters. The van der Waals surface area contributed by atoms with Gasteiger partial charge in [-0.2, -0.15) is 0 Å². The Morgan fingerprint density at radius 3 is 2.83 bits per heavy atom. The molecule has 0 N–H and O–H groups in total. The third-order valence-electron chi connectivity index (χ3n) is 0.648. The fourth-order valence-electron chi connectivity index (χ4n) is 0.379. The Bertz CT molecular complexity index is 61.9. The molecular weight excluding hydrogens is 78.0 g/mol. The summed E-state index contributed by atoms with van der Waals surface area (Å²) in [5.74, 6) is 0.579. The fourth-order valence-corrected chi connectivity index (χ4v) is 0.379. The van der Waals surface area contributed by atoms with Crippen molar-refractivity contribution in [3.8, 4) is 0 Å². The van der Waals surface area contributed by atoms with Crippen LogP contribution in [0.5, 0.6) is 0 Å². The summed E-state index contributed by atoms with van der Waals surface area (Å²) >= 11 is 0. The highest BCUT2D eigenvalue weighted by Gasteiger charge is 1.85. The van der Waals surface area contributed by atoms with Crippen LogP contribution < -0.4 is 0 Å². The Labute approximate surface area is 36.8 Å². The van der Waals surface area contributed by atoms with Crippen molar-refractivity contribution in [1.29, 1.82) is 0 Å². The SMILES string of the molecule is C=C1[N-]CCO1. The smallest absolute Gasteiger partial charge is 0.0695 e. The molecule has 6 heavy (non-hydrogen) atoms. The van der Waals surface area contributed by atoms with Crippen LogP contribution in [0.2, 0.25) is 0 Å². The van der Waals surface area contributed by atoms with Crippen LogP contribution in [-0.4, -0.2) is 13.2 Å². The minimum absolute atomic E-state index is 0.579. The molecule has 0 bridgehead atoms. The molecule has 1 aliphatic rings. The van der Waals surface area contributed by atoms with Crippen LogP contribution in [0.25, 0.3) is 5.32 Å². The molecule has 0 unspecified atom stereocenters. The molecular formula is C4H6NO-. The zero-order valence-corrected chi connectivity index (χ0v) is 3.48. The Hall–Kier alpha value is -0.660. The van der Waals surface area contributed by atoms with Gasteiger partial charge in [-0.1, -0.05) is 13.1 Å². The Balaban J connectivity index is 2.37.